The van der Waals surface area contributed by atoms with E-state index in [1.807, 2.05) is 18.2 Å². The second kappa shape index (κ2) is 9.40. The Bertz CT molecular complexity index is 1070. The summed E-state index contributed by atoms with van der Waals surface area (Å²) >= 11 is 0. The van der Waals surface area contributed by atoms with Crippen molar-refractivity contribution >= 4 is 17.3 Å². The second-order valence-electron chi connectivity index (χ2n) is 8.44. The molecule has 2 aromatic carbocycles. The average Bonchev–Trinajstić information content (AvgIpc) is 2.82. The van der Waals surface area contributed by atoms with E-state index in [1.54, 1.807) is 22.9 Å². The van der Waals surface area contributed by atoms with Crippen LogP contribution in [0.25, 0.3) is 0 Å². The lowest BCUT2D eigenvalue weighted by Crippen LogP contribution is -2.46. The van der Waals surface area contributed by atoms with E-state index in [2.05, 4.69) is 0 Å². The maximum atomic E-state index is 13.0. The Morgan fingerprint density at radius 1 is 1.18 bits per heavy atom. The molecule has 11 heteroatoms. The number of nitro groups is 1. The smallest absolute Gasteiger partial charge is 0.416 e. The third kappa shape index (κ3) is 5.02. The number of carbonyl (C=O) groups is 1. The van der Waals surface area contributed by atoms with Gasteiger partial charge in [0, 0.05) is 32.1 Å². The van der Waals surface area contributed by atoms with Gasteiger partial charge >= 0.3 is 6.18 Å². The Morgan fingerprint density at radius 3 is 2.50 bits per heavy atom. The summed E-state index contributed by atoms with van der Waals surface area (Å²) in [5.74, 6) is 0.944. The number of hydrogen-bond donors (Lipinski definition) is 0. The SMILES string of the molecule is CN(CC1COc2ccccc2O1)C(=O)C1CCN(c2ccc(C(F)(F)F)cc2[N+](=O)[O-])CC1. The lowest BCUT2D eigenvalue weighted by atomic mass is 9.94. The number of likely N-dealkylation sites (N-methyl/N-ethyl adjacent to an activating group) is 1. The topological polar surface area (TPSA) is 85.2 Å². The molecule has 1 atom stereocenters. The molecule has 1 unspecified atom stereocenters. The van der Waals surface area contributed by atoms with E-state index in [-0.39, 0.29) is 23.6 Å². The minimum absolute atomic E-state index is 0.0657. The molecule has 0 saturated carbocycles. The standard InChI is InChI=1S/C23H24F3N3O5/c1-27(13-17-14-33-20-4-2-3-5-21(20)34-17)22(30)15-8-10-28(11-9-15)18-7-6-16(23(24,25)26)12-19(18)29(31)32/h2-7,12,15,17H,8-11,13-14H2,1H3. The number of nitro benzene ring substituents is 1. The van der Waals surface area contributed by atoms with E-state index < -0.39 is 22.4 Å². The summed E-state index contributed by atoms with van der Waals surface area (Å²) < 4.78 is 50.5. The number of piperidine rings is 1. The predicted molar refractivity (Wildman–Crippen MR) is 117 cm³/mol. The van der Waals surface area contributed by atoms with E-state index in [1.165, 1.54) is 0 Å². The number of hydrogen-bond acceptors (Lipinski definition) is 6. The van der Waals surface area contributed by atoms with Crippen LogP contribution in [0.1, 0.15) is 18.4 Å². The minimum Gasteiger partial charge on any atom is -0.486 e. The predicted octanol–water partition coefficient (Wildman–Crippen LogP) is 4.13. The molecule has 2 aromatic rings. The zero-order valence-corrected chi connectivity index (χ0v) is 18.5. The summed E-state index contributed by atoms with van der Waals surface area (Å²) in [6, 6.07) is 9.85. The molecule has 8 nitrogen and oxygen atoms in total. The van der Waals surface area contributed by atoms with Gasteiger partial charge in [-0.05, 0) is 37.1 Å². The second-order valence-corrected chi connectivity index (χ2v) is 8.44. The highest BCUT2D eigenvalue weighted by Gasteiger charge is 2.35. The molecule has 1 amide bonds. The number of anilines is 1. The molecular formula is C23H24F3N3O5. The number of amides is 1. The van der Waals surface area contributed by atoms with Crippen LogP contribution in [0.5, 0.6) is 11.5 Å². The Balaban J connectivity index is 1.35. The Kier molecular flexibility index (Phi) is 6.54. The van der Waals surface area contributed by atoms with E-state index in [4.69, 9.17) is 9.47 Å². The molecule has 0 aliphatic carbocycles. The summed E-state index contributed by atoms with van der Waals surface area (Å²) in [6.45, 7) is 1.32. The normalized spacial score (nSPS) is 18.5. The van der Waals surface area contributed by atoms with Crippen LogP contribution in [0.3, 0.4) is 0 Å². The third-order valence-corrected chi connectivity index (χ3v) is 6.11. The number of ether oxygens (including phenoxy) is 2. The Morgan fingerprint density at radius 2 is 1.85 bits per heavy atom. The van der Waals surface area contributed by atoms with Gasteiger partial charge in [0.25, 0.3) is 5.69 Å². The van der Waals surface area contributed by atoms with Gasteiger partial charge < -0.3 is 19.3 Å². The first-order valence-corrected chi connectivity index (χ1v) is 10.9. The fraction of sp³-hybridized carbons (Fsp3) is 0.435. The molecule has 1 saturated heterocycles. The van der Waals surface area contributed by atoms with Gasteiger partial charge in [0.2, 0.25) is 5.91 Å². The Labute approximate surface area is 194 Å². The van der Waals surface area contributed by atoms with Crippen LogP contribution < -0.4 is 14.4 Å². The van der Waals surface area contributed by atoms with Crippen LogP contribution >= 0.6 is 0 Å². The fourth-order valence-electron chi connectivity index (χ4n) is 4.34. The Hall–Kier alpha value is -3.50. The molecule has 2 aliphatic heterocycles. The molecule has 2 heterocycles. The van der Waals surface area contributed by atoms with Gasteiger partial charge in [-0.25, -0.2) is 0 Å². The monoisotopic (exact) mass is 479 g/mol. The number of carbonyl (C=O) groups excluding carboxylic acids is 1. The largest absolute Gasteiger partial charge is 0.486 e. The lowest BCUT2D eigenvalue weighted by molar-refractivity contribution is -0.384. The van der Waals surface area contributed by atoms with Gasteiger partial charge in [0.15, 0.2) is 17.6 Å². The fourth-order valence-corrected chi connectivity index (χ4v) is 4.34. The highest BCUT2D eigenvalue weighted by atomic mass is 19.4. The summed E-state index contributed by atoms with van der Waals surface area (Å²) in [4.78, 5) is 26.8. The molecule has 2 aliphatic rings. The van der Waals surface area contributed by atoms with Crippen molar-refractivity contribution in [3.8, 4) is 11.5 Å². The highest BCUT2D eigenvalue weighted by Crippen LogP contribution is 2.38. The minimum atomic E-state index is -4.66. The molecule has 34 heavy (non-hydrogen) atoms. The van der Waals surface area contributed by atoms with Crippen molar-refractivity contribution in [2.24, 2.45) is 5.92 Å². The maximum absolute atomic E-state index is 13.0. The van der Waals surface area contributed by atoms with Crippen LogP contribution in [-0.2, 0) is 11.0 Å². The molecule has 182 valence electrons. The van der Waals surface area contributed by atoms with Crippen molar-refractivity contribution in [2.45, 2.75) is 25.1 Å². The number of fused-ring (bicyclic) bond motifs is 1. The number of alkyl halides is 3. The molecule has 1 fully saturated rings. The summed E-state index contributed by atoms with van der Waals surface area (Å²) in [7, 11) is 1.69. The highest BCUT2D eigenvalue weighted by molar-refractivity contribution is 5.79. The lowest BCUT2D eigenvalue weighted by Gasteiger charge is -2.35. The van der Waals surface area contributed by atoms with Crippen molar-refractivity contribution < 1.29 is 32.4 Å². The zero-order valence-electron chi connectivity index (χ0n) is 18.5. The number of nitrogens with zero attached hydrogens (tertiary/aromatic N) is 3. The summed E-state index contributed by atoms with van der Waals surface area (Å²) in [5, 5.41) is 11.4. The third-order valence-electron chi connectivity index (χ3n) is 6.11. The number of rotatable bonds is 5. The molecule has 0 bridgehead atoms. The van der Waals surface area contributed by atoms with Crippen LogP contribution in [0.4, 0.5) is 24.5 Å². The first-order valence-electron chi connectivity index (χ1n) is 10.9. The number of halogens is 3. The van der Waals surface area contributed by atoms with Gasteiger partial charge in [-0.2, -0.15) is 13.2 Å². The van der Waals surface area contributed by atoms with Crippen LogP contribution in [0, 0.1) is 16.0 Å². The van der Waals surface area contributed by atoms with Crippen LogP contribution in [0.15, 0.2) is 42.5 Å². The van der Waals surface area contributed by atoms with E-state index in [9.17, 15) is 28.1 Å². The van der Waals surface area contributed by atoms with E-state index >= 15 is 0 Å². The van der Waals surface area contributed by atoms with Gasteiger partial charge in [0.05, 0.1) is 17.0 Å². The van der Waals surface area contributed by atoms with Crippen molar-refractivity contribution in [1.29, 1.82) is 0 Å². The first kappa shape index (κ1) is 23.7. The van der Waals surface area contributed by atoms with E-state index in [0.717, 1.165) is 12.1 Å². The molecule has 0 spiro atoms. The number of benzene rings is 2. The quantitative estimate of drug-likeness (QED) is 0.474. The molecule has 0 aromatic heterocycles. The van der Waals surface area contributed by atoms with Gasteiger partial charge in [-0.15, -0.1) is 0 Å². The summed E-state index contributed by atoms with van der Waals surface area (Å²) in [5.41, 5.74) is -1.53. The maximum Gasteiger partial charge on any atom is 0.416 e. The molecule has 0 N–H and O–H groups in total. The van der Waals surface area contributed by atoms with Crippen molar-refractivity contribution in [1.82, 2.24) is 4.90 Å². The van der Waals surface area contributed by atoms with Gasteiger partial charge in [-0.1, -0.05) is 12.1 Å². The van der Waals surface area contributed by atoms with E-state index in [0.29, 0.717) is 56.6 Å². The summed E-state index contributed by atoms with van der Waals surface area (Å²) in [6.07, 6.45) is -4.10. The van der Waals surface area contributed by atoms with Crippen LogP contribution in [-0.4, -0.2) is 55.1 Å². The average molecular weight is 479 g/mol. The zero-order chi connectivity index (χ0) is 24.5. The van der Waals surface area contributed by atoms with Crippen molar-refractivity contribution in [2.75, 3.05) is 38.2 Å². The van der Waals surface area contributed by atoms with Gasteiger partial charge in [0.1, 0.15) is 12.3 Å². The molecular weight excluding hydrogens is 455 g/mol. The van der Waals surface area contributed by atoms with Crippen molar-refractivity contribution in [3.05, 3.63) is 58.1 Å². The van der Waals surface area contributed by atoms with Gasteiger partial charge in [-0.3, -0.25) is 14.9 Å². The molecule has 0 radical (unpaired) electrons. The number of para-hydroxylation sites is 2. The van der Waals surface area contributed by atoms with Crippen molar-refractivity contribution in [3.63, 3.8) is 0 Å². The van der Waals surface area contributed by atoms with Crippen LogP contribution in [0.2, 0.25) is 0 Å². The molecule has 4 rings (SSSR count). The first-order chi connectivity index (χ1) is 16.1.